The maximum absolute atomic E-state index is 2.34. The molecule has 114 valence electrons. The SMILES string of the molecule is Cc1cccc(C)c1[NH+]1[CH-][n+]2c(cccc2-c2ccccc2)C1. The number of para-hydroxylation sites is 1. The van der Waals surface area contributed by atoms with Gasteiger partial charge in [-0.25, -0.2) is 0 Å². The van der Waals surface area contributed by atoms with Gasteiger partial charge in [0.05, 0.1) is 0 Å². The molecule has 0 aliphatic carbocycles. The second kappa shape index (κ2) is 5.56. The van der Waals surface area contributed by atoms with Crippen LogP contribution in [0.15, 0.2) is 66.7 Å². The van der Waals surface area contributed by atoms with E-state index in [2.05, 4.69) is 91.8 Å². The maximum atomic E-state index is 2.34. The van der Waals surface area contributed by atoms with Crippen molar-refractivity contribution in [3.8, 4) is 11.3 Å². The van der Waals surface area contributed by atoms with Gasteiger partial charge in [0, 0.05) is 11.1 Å². The Morgan fingerprint density at radius 2 is 1.52 bits per heavy atom. The number of benzene rings is 2. The van der Waals surface area contributed by atoms with Crippen LogP contribution in [-0.4, -0.2) is 0 Å². The van der Waals surface area contributed by atoms with Crippen LogP contribution in [0.2, 0.25) is 0 Å². The molecule has 0 saturated heterocycles. The number of pyridine rings is 1. The average molecular weight is 301 g/mol. The van der Waals surface area contributed by atoms with Crippen LogP contribution in [0.25, 0.3) is 11.3 Å². The van der Waals surface area contributed by atoms with Crippen molar-refractivity contribution in [2.75, 3.05) is 0 Å². The first-order chi connectivity index (χ1) is 11.2. The molecule has 0 bridgehead atoms. The first-order valence-corrected chi connectivity index (χ1v) is 8.10. The second-order valence-corrected chi connectivity index (χ2v) is 6.24. The third kappa shape index (κ3) is 2.41. The van der Waals surface area contributed by atoms with E-state index in [9.17, 15) is 0 Å². The Morgan fingerprint density at radius 3 is 2.26 bits per heavy atom. The Balaban J connectivity index is 1.76. The van der Waals surface area contributed by atoms with Gasteiger partial charge in [0.1, 0.15) is 23.6 Å². The molecule has 23 heavy (non-hydrogen) atoms. The minimum Gasteiger partial charge on any atom is -0.272 e. The van der Waals surface area contributed by atoms with Crippen molar-refractivity contribution in [3.63, 3.8) is 0 Å². The molecule has 4 rings (SSSR count). The number of quaternary nitrogens is 1. The molecule has 0 fully saturated rings. The summed E-state index contributed by atoms with van der Waals surface area (Å²) in [5.41, 5.74) is 7.97. The van der Waals surface area contributed by atoms with Gasteiger partial charge in [-0.3, -0.25) is 9.47 Å². The minimum absolute atomic E-state index is 0.992. The fourth-order valence-corrected chi connectivity index (χ4v) is 3.58. The number of fused-ring (bicyclic) bond motifs is 1. The van der Waals surface area contributed by atoms with E-state index in [0.29, 0.717) is 0 Å². The van der Waals surface area contributed by atoms with Crippen LogP contribution in [0, 0.1) is 20.5 Å². The molecule has 1 aliphatic heterocycles. The van der Waals surface area contributed by atoms with Crippen LogP contribution in [0.5, 0.6) is 0 Å². The summed E-state index contributed by atoms with van der Waals surface area (Å²) in [6.07, 6.45) is 0. The molecule has 0 radical (unpaired) electrons. The zero-order valence-electron chi connectivity index (χ0n) is 13.6. The highest BCUT2D eigenvalue weighted by molar-refractivity contribution is 5.56. The normalized spacial score (nSPS) is 16.0. The van der Waals surface area contributed by atoms with Crippen LogP contribution < -0.4 is 9.47 Å². The summed E-state index contributed by atoms with van der Waals surface area (Å²) in [5, 5.41) is 0. The number of hydrogen-bond acceptors (Lipinski definition) is 0. The van der Waals surface area contributed by atoms with Crippen LogP contribution in [-0.2, 0) is 6.54 Å². The van der Waals surface area contributed by atoms with Crippen molar-refractivity contribution in [1.29, 1.82) is 0 Å². The summed E-state index contributed by atoms with van der Waals surface area (Å²) in [7, 11) is 0. The summed E-state index contributed by atoms with van der Waals surface area (Å²) in [4.78, 5) is 1.41. The summed E-state index contributed by atoms with van der Waals surface area (Å²) >= 11 is 0. The van der Waals surface area contributed by atoms with E-state index < -0.39 is 0 Å². The predicted molar refractivity (Wildman–Crippen MR) is 92.0 cm³/mol. The van der Waals surface area contributed by atoms with Gasteiger partial charge in [0.25, 0.3) is 0 Å². The molecule has 2 heteroatoms. The smallest absolute Gasteiger partial charge is 0.240 e. The van der Waals surface area contributed by atoms with E-state index in [-0.39, 0.29) is 0 Å². The van der Waals surface area contributed by atoms with E-state index in [0.717, 1.165) is 6.54 Å². The van der Waals surface area contributed by atoms with Gasteiger partial charge in [0.15, 0.2) is 0 Å². The first-order valence-electron chi connectivity index (χ1n) is 8.10. The average Bonchev–Trinajstić information content (AvgIpc) is 2.99. The predicted octanol–water partition coefficient (Wildman–Crippen LogP) is 2.96. The van der Waals surface area contributed by atoms with Gasteiger partial charge in [0.2, 0.25) is 6.67 Å². The zero-order valence-corrected chi connectivity index (χ0v) is 13.6. The standard InChI is InChI=1S/C21H21N2/c1-16-8-6-9-17(2)21(16)22-14-19-12-7-13-20(23(19)15-22)18-10-4-3-5-11-18/h3-13,15,22H,14H2,1-2H3/q+1. The highest BCUT2D eigenvalue weighted by atomic mass is 15.3. The van der Waals surface area contributed by atoms with Gasteiger partial charge in [-0.1, -0.05) is 54.6 Å². The number of nitrogens with one attached hydrogen (secondary N) is 1. The highest BCUT2D eigenvalue weighted by Crippen LogP contribution is 2.19. The zero-order chi connectivity index (χ0) is 15.8. The molecule has 2 nitrogen and oxygen atoms in total. The molecular formula is C21H21N2+. The quantitative estimate of drug-likeness (QED) is 0.550. The van der Waals surface area contributed by atoms with Crippen molar-refractivity contribution >= 4 is 5.69 Å². The third-order valence-corrected chi connectivity index (χ3v) is 4.64. The minimum atomic E-state index is 0.992. The van der Waals surface area contributed by atoms with E-state index in [1.165, 1.54) is 38.7 Å². The van der Waals surface area contributed by atoms with Crippen LogP contribution in [0.4, 0.5) is 5.69 Å². The van der Waals surface area contributed by atoms with Crippen molar-refractivity contribution in [1.82, 2.24) is 0 Å². The van der Waals surface area contributed by atoms with Gasteiger partial charge >= 0.3 is 0 Å². The summed E-state index contributed by atoms with van der Waals surface area (Å²) < 4.78 is 2.34. The highest BCUT2D eigenvalue weighted by Gasteiger charge is 2.29. The van der Waals surface area contributed by atoms with Gasteiger partial charge in [-0.05, 0) is 31.5 Å². The molecule has 2 aromatic carbocycles. The molecule has 0 amide bonds. The topological polar surface area (TPSA) is 8.32 Å². The maximum Gasteiger partial charge on any atom is 0.240 e. The molecular weight excluding hydrogens is 280 g/mol. The lowest BCUT2D eigenvalue weighted by atomic mass is 10.1. The molecule has 2 heterocycles. The largest absolute Gasteiger partial charge is 0.272 e. The Bertz CT molecular complexity index is 833. The van der Waals surface area contributed by atoms with Crippen molar-refractivity contribution in [2.24, 2.45) is 0 Å². The number of aryl methyl sites for hydroxylation is 2. The molecule has 3 aromatic rings. The molecule has 1 aliphatic rings. The van der Waals surface area contributed by atoms with Crippen molar-refractivity contribution in [3.05, 3.63) is 90.2 Å². The number of aromatic nitrogens is 1. The monoisotopic (exact) mass is 301 g/mol. The Morgan fingerprint density at radius 1 is 0.826 bits per heavy atom. The number of rotatable bonds is 2. The Kier molecular flexibility index (Phi) is 3.40. The van der Waals surface area contributed by atoms with Gasteiger partial charge in [-0.2, -0.15) is 0 Å². The second-order valence-electron chi connectivity index (χ2n) is 6.24. The van der Waals surface area contributed by atoms with E-state index in [4.69, 9.17) is 0 Å². The lowest BCUT2D eigenvalue weighted by Gasteiger charge is -2.15. The summed E-state index contributed by atoms with van der Waals surface area (Å²) in [5.74, 6) is 0. The summed E-state index contributed by atoms with van der Waals surface area (Å²) in [6.45, 7) is 7.71. The van der Waals surface area contributed by atoms with Gasteiger partial charge < -0.3 is 0 Å². The van der Waals surface area contributed by atoms with Gasteiger partial charge in [-0.15, -0.1) is 0 Å². The van der Waals surface area contributed by atoms with Crippen molar-refractivity contribution in [2.45, 2.75) is 20.4 Å². The Labute approximate surface area is 137 Å². The molecule has 0 saturated carbocycles. The number of nitrogens with zero attached hydrogens (tertiary/aromatic N) is 1. The number of hydrogen-bond donors (Lipinski definition) is 1. The fraction of sp³-hybridized carbons (Fsp3) is 0.143. The molecule has 1 unspecified atom stereocenters. The van der Waals surface area contributed by atoms with E-state index in [1.54, 1.807) is 0 Å². The first kappa shape index (κ1) is 14.0. The molecule has 1 atom stereocenters. The summed E-state index contributed by atoms with van der Waals surface area (Å²) in [6, 6.07) is 23.7. The molecule has 0 spiro atoms. The van der Waals surface area contributed by atoms with E-state index in [1.807, 2.05) is 0 Å². The van der Waals surface area contributed by atoms with Crippen molar-refractivity contribution < 1.29 is 9.47 Å². The molecule has 1 N–H and O–H groups in total. The lowest BCUT2D eigenvalue weighted by molar-refractivity contribution is -0.881. The van der Waals surface area contributed by atoms with Crippen LogP contribution in [0.3, 0.4) is 0 Å². The third-order valence-electron chi connectivity index (χ3n) is 4.64. The Hall–Kier alpha value is -2.58. The lowest BCUT2D eigenvalue weighted by Crippen LogP contribution is -3.03. The van der Waals surface area contributed by atoms with Crippen LogP contribution >= 0.6 is 0 Å². The molecule has 1 aromatic heterocycles. The fourth-order valence-electron chi connectivity index (χ4n) is 3.58. The van der Waals surface area contributed by atoms with Crippen LogP contribution in [0.1, 0.15) is 16.8 Å². The van der Waals surface area contributed by atoms with E-state index >= 15 is 0 Å².